The molecule has 0 aromatic heterocycles. The second-order valence-corrected chi connectivity index (χ2v) is 0.102. The summed E-state index contributed by atoms with van der Waals surface area (Å²) < 4.78 is 0. The van der Waals surface area contributed by atoms with Gasteiger partial charge in [0, 0.05) is 22.4 Å². The first-order valence-electron chi connectivity index (χ1n) is 0.454. The predicted octanol–water partition coefficient (Wildman–Crippen LogP) is -0.102. The molecule has 0 amide bonds. The summed E-state index contributed by atoms with van der Waals surface area (Å²) in [5.74, 6) is 0. The smallest absolute Gasteiger partial charge is 0.222 e. The van der Waals surface area contributed by atoms with E-state index in [0.29, 0.717) is 0 Å². The number of hydrogen-bond acceptors (Lipinski definition) is 2. The van der Waals surface area contributed by atoms with E-state index in [9.17, 15) is 0 Å². The third-order valence-corrected chi connectivity index (χ3v) is 0. The van der Waals surface area contributed by atoms with Crippen LogP contribution in [0.2, 0.25) is 0 Å². The van der Waals surface area contributed by atoms with Gasteiger partial charge in [-0.1, -0.05) is 0 Å². The second kappa shape index (κ2) is 11.2. The summed E-state index contributed by atoms with van der Waals surface area (Å²) in [6.45, 7) is 0. The zero-order valence-electron chi connectivity index (χ0n) is 1.71. The van der Waals surface area contributed by atoms with Crippen molar-refractivity contribution in [2.24, 2.45) is 0 Å². The van der Waals surface area contributed by atoms with E-state index < -0.39 is 0 Å². The van der Waals surface area contributed by atoms with Gasteiger partial charge in [-0.05, 0) is 0 Å². The van der Waals surface area contributed by atoms with Crippen molar-refractivity contribution < 1.29 is 27.2 Å². The monoisotopic (exact) mass is 240 g/mol. The molecule has 1 N–H and O–H groups in total. The summed E-state index contributed by atoms with van der Waals surface area (Å²) in [6, 6.07) is 0. The quantitative estimate of drug-likeness (QED) is 0.358. The van der Waals surface area contributed by atoms with E-state index in [4.69, 9.17) is 10.2 Å². The SMILES string of the molecule is N=C=O.[Au]. The summed E-state index contributed by atoms with van der Waals surface area (Å²) in [5.41, 5.74) is 0. The minimum atomic E-state index is 0. The number of nitrogens with one attached hydrogen (secondary N) is 1. The first-order chi connectivity index (χ1) is 1.41. The van der Waals surface area contributed by atoms with Crippen molar-refractivity contribution in [2.45, 2.75) is 0 Å². The molecule has 0 saturated heterocycles. The molecule has 4 heavy (non-hydrogen) atoms. The largest absolute Gasteiger partial charge is 0.231 e. The Kier molecular flexibility index (Phi) is 24.9. The molecule has 0 rings (SSSR count). The van der Waals surface area contributed by atoms with Crippen LogP contribution in [0, 0.1) is 5.41 Å². The molecule has 2 nitrogen and oxygen atoms in total. The molecule has 0 fully saturated rings. The van der Waals surface area contributed by atoms with Gasteiger partial charge in [0.25, 0.3) is 0 Å². The van der Waals surface area contributed by atoms with E-state index in [0.717, 1.165) is 6.08 Å². The van der Waals surface area contributed by atoms with Crippen LogP contribution in [0.3, 0.4) is 0 Å². The van der Waals surface area contributed by atoms with Crippen LogP contribution in [0.15, 0.2) is 0 Å². The molecular weight excluding hydrogens is 239 g/mol. The zero-order chi connectivity index (χ0) is 2.71. The van der Waals surface area contributed by atoms with Crippen molar-refractivity contribution in [1.29, 1.82) is 5.41 Å². The average Bonchev–Trinajstić information content (AvgIpc) is 0.918. The van der Waals surface area contributed by atoms with Crippen LogP contribution in [0.5, 0.6) is 0 Å². The minimum Gasteiger partial charge on any atom is -0.222 e. The molecule has 0 aliphatic heterocycles. The van der Waals surface area contributed by atoms with Gasteiger partial charge in [-0.15, -0.1) is 0 Å². The Balaban J connectivity index is 0. The third-order valence-electron chi connectivity index (χ3n) is 0. The van der Waals surface area contributed by atoms with Gasteiger partial charge < -0.3 is 0 Å². The molecule has 1 radical (unpaired) electrons. The molecule has 0 saturated carbocycles. The first-order valence-corrected chi connectivity index (χ1v) is 0.454. The molecule has 0 aliphatic rings. The van der Waals surface area contributed by atoms with Crippen LogP contribution in [-0.4, -0.2) is 6.08 Å². The van der Waals surface area contributed by atoms with Crippen molar-refractivity contribution in [3.8, 4) is 0 Å². The van der Waals surface area contributed by atoms with Crippen LogP contribution in [0.4, 0.5) is 0 Å². The standard InChI is InChI=1S/CHNO.Au/c2-1-3;/h2H;. The van der Waals surface area contributed by atoms with E-state index in [1.165, 1.54) is 0 Å². The van der Waals surface area contributed by atoms with E-state index >= 15 is 0 Å². The summed E-state index contributed by atoms with van der Waals surface area (Å²) in [5, 5.41) is 5.40. The Hall–Kier alpha value is 0.120. The molecule has 0 aliphatic carbocycles. The van der Waals surface area contributed by atoms with Gasteiger partial charge in [0.1, 0.15) is 0 Å². The van der Waals surface area contributed by atoms with Gasteiger partial charge in [-0.3, -0.25) is 0 Å². The van der Waals surface area contributed by atoms with Crippen LogP contribution < -0.4 is 0 Å². The number of isocyanates is 1. The Morgan fingerprint density at radius 3 is 1.75 bits per heavy atom. The summed E-state index contributed by atoms with van der Waals surface area (Å²) in [4.78, 5) is 8.35. The number of rotatable bonds is 0. The van der Waals surface area contributed by atoms with E-state index in [2.05, 4.69) is 0 Å². The number of hydrogen-bond donors (Lipinski definition) is 1. The van der Waals surface area contributed by atoms with Crippen molar-refractivity contribution in [1.82, 2.24) is 0 Å². The molecule has 3 heteroatoms. The summed E-state index contributed by atoms with van der Waals surface area (Å²) in [6.07, 6.45) is 0.750. The van der Waals surface area contributed by atoms with Crippen LogP contribution in [0.25, 0.3) is 0 Å². The van der Waals surface area contributed by atoms with Crippen molar-refractivity contribution >= 4 is 6.08 Å². The van der Waals surface area contributed by atoms with Crippen molar-refractivity contribution in [3.63, 3.8) is 0 Å². The van der Waals surface area contributed by atoms with Crippen LogP contribution in [-0.2, 0) is 27.2 Å². The summed E-state index contributed by atoms with van der Waals surface area (Å²) >= 11 is 0. The molecule has 0 aromatic rings. The Labute approximate surface area is 39.2 Å². The van der Waals surface area contributed by atoms with E-state index in [1.54, 1.807) is 0 Å². The Bertz CT molecular complexity index is 29.0. The molecule has 0 unspecified atom stereocenters. The molecular formula is CHAuNO. The van der Waals surface area contributed by atoms with Gasteiger partial charge in [0.2, 0.25) is 6.08 Å². The van der Waals surface area contributed by atoms with Crippen molar-refractivity contribution in [3.05, 3.63) is 0 Å². The molecule has 0 bridgehead atoms. The molecule has 0 atom stereocenters. The van der Waals surface area contributed by atoms with Gasteiger partial charge in [-0.2, -0.15) is 0 Å². The fourth-order valence-electron chi connectivity index (χ4n) is 0. The topological polar surface area (TPSA) is 40.9 Å². The van der Waals surface area contributed by atoms with E-state index in [1.807, 2.05) is 0 Å². The fourth-order valence-corrected chi connectivity index (χ4v) is 0. The first kappa shape index (κ1) is 8.92. The molecule has 0 spiro atoms. The van der Waals surface area contributed by atoms with Gasteiger partial charge >= 0.3 is 0 Å². The maximum Gasteiger partial charge on any atom is 0.231 e. The van der Waals surface area contributed by atoms with Gasteiger partial charge in [0.15, 0.2) is 0 Å². The van der Waals surface area contributed by atoms with Gasteiger partial charge in [-0.25, -0.2) is 10.2 Å². The maximum absolute atomic E-state index is 8.35. The van der Waals surface area contributed by atoms with Crippen LogP contribution >= 0.6 is 0 Å². The Morgan fingerprint density at radius 1 is 1.75 bits per heavy atom. The normalized spacial score (nSPS) is 2.00. The third kappa shape index (κ3) is 184. The fraction of sp³-hybridized carbons (Fsp3) is 0. The predicted molar refractivity (Wildman–Crippen MR) is 8.41 cm³/mol. The van der Waals surface area contributed by atoms with Gasteiger partial charge in [0.05, 0.1) is 0 Å². The molecule has 27 valence electrons. The Morgan fingerprint density at radius 2 is 1.75 bits per heavy atom. The average molecular weight is 240 g/mol. The van der Waals surface area contributed by atoms with Crippen molar-refractivity contribution in [2.75, 3.05) is 0 Å². The maximum atomic E-state index is 8.35. The molecule has 0 aromatic carbocycles. The van der Waals surface area contributed by atoms with Crippen LogP contribution in [0.1, 0.15) is 0 Å². The minimum absolute atomic E-state index is 0. The zero-order valence-corrected chi connectivity index (χ0v) is 3.88. The van der Waals surface area contributed by atoms with E-state index in [-0.39, 0.29) is 22.4 Å². The number of carbonyl (C=O) groups excluding carboxylic acids is 1. The second-order valence-electron chi connectivity index (χ2n) is 0.102. The molecule has 0 heterocycles. The summed E-state index contributed by atoms with van der Waals surface area (Å²) in [7, 11) is 0.